The van der Waals surface area contributed by atoms with Crippen molar-refractivity contribution in [3.63, 3.8) is 0 Å². The van der Waals surface area contributed by atoms with Crippen molar-refractivity contribution in [1.29, 1.82) is 0 Å². The van der Waals surface area contributed by atoms with Crippen LogP contribution in [0.15, 0.2) is 140 Å². The summed E-state index contributed by atoms with van der Waals surface area (Å²) < 4.78 is 0. The van der Waals surface area contributed by atoms with Crippen molar-refractivity contribution in [2.45, 2.75) is 93.3 Å². The molecule has 17 rings (SSSR count). The maximum atomic E-state index is 2.87. The number of hydrogen-bond acceptors (Lipinski definition) is 1. The van der Waals surface area contributed by atoms with Gasteiger partial charge in [-0.3, -0.25) is 0 Å². The molecular weight excluding hydrogens is 735 g/mol. The van der Waals surface area contributed by atoms with Crippen LogP contribution in [0.5, 0.6) is 0 Å². The van der Waals surface area contributed by atoms with E-state index in [1.165, 1.54) is 114 Å². The second-order valence-electron chi connectivity index (χ2n) is 21.7. The zero-order valence-corrected chi connectivity index (χ0v) is 34.9. The van der Waals surface area contributed by atoms with Gasteiger partial charge in [-0.1, -0.05) is 109 Å². The predicted molar refractivity (Wildman–Crippen MR) is 248 cm³/mol. The summed E-state index contributed by atoms with van der Waals surface area (Å²) >= 11 is 0. The van der Waals surface area contributed by atoms with E-state index in [1.54, 1.807) is 44.5 Å². The highest BCUT2D eigenvalue weighted by Gasteiger charge is 2.66. The molecule has 0 saturated heterocycles. The van der Waals surface area contributed by atoms with Crippen LogP contribution in [0, 0.1) is 29.1 Å². The van der Waals surface area contributed by atoms with E-state index in [9.17, 15) is 0 Å². The Morgan fingerprint density at radius 2 is 0.984 bits per heavy atom. The van der Waals surface area contributed by atoms with Gasteiger partial charge in [-0.2, -0.15) is 0 Å². The molecule has 5 saturated carbocycles. The topological polar surface area (TPSA) is 3.24 Å². The predicted octanol–water partition coefficient (Wildman–Crippen LogP) is 15.4. The molecule has 61 heavy (non-hydrogen) atoms. The number of para-hydroxylation sites is 1. The summed E-state index contributed by atoms with van der Waals surface area (Å²) in [6.45, 7) is 0. The third kappa shape index (κ3) is 4.03. The lowest BCUT2D eigenvalue weighted by Crippen LogP contribution is -2.41. The van der Waals surface area contributed by atoms with Crippen LogP contribution in [0.2, 0.25) is 0 Å². The molecule has 7 bridgehead atoms. The molecule has 0 aliphatic heterocycles. The van der Waals surface area contributed by atoms with Gasteiger partial charge in [0.05, 0.1) is 11.1 Å². The standard InChI is InChI=1S/C60H51N/c1-2-11-43(12-3-1)61(58-16-8-10-36-9-4-5-13-45(36)58)44-17-18-47-46-14-6-7-15-54(46)60(55(47)27-44)56-30-50-38-22-34-19-35(23-38)21-37(20-34)48(50)28-52(56)53-29-49-39-24-41-26-42-25-40(33-59(41,42)32-39)51(49)31-57(53)60/h1-18,27-31,34-35,37-42H,19-26,32-33H2. The van der Waals surface area contributed by atoms with Crippen molar-refractivity contribution >= 4 is 27.8 Å². The molecule has 0 heterocycles. The van der Waals surface area contributed by atoms with Crippen molar-refractivity contribution in [3.8, 4) is 22.3 Å². The molecule has 2 spiro atoms. The van der Waals surface area contributed by atoms with Gasteiger partial charge in [-0.05, 0) is 219 Å². The third-order valence-electron chi connectivity index (χ3n) is 19.3. The van der Waals surface area contributed by atoms with Gasteiger partial charge in [-0.15, -0.1) is 0 Å². The summed E-state index contributed by atoms with van der Waals surface area (Å²) in [5.41, 5.74) is 23.0. The molecule has 0 aromatic heterocycles. The van der Waals surface area contributed by atoms with Gasteiger partial charge in [0.25, 0.3) is 0 Å². The number of benzene rings is 7. The van der Waals surface area contributed by atoms with Crippen LogP contribution in [0.25, 0.3) is 33.0 Å². The molecule has 296 valence electrons. The smallest absolute Gasteiger partial charge is 0.0726 e. The van der Waals surface area contributed by atoms with Crippen LogP contribution in [0.3, 0.4) is 0 Å². The Labute approximate surface area is 359 Å². The summed E-state index contributed by atoms with van der Waals surface area (Å²) in [5, 5.41) is 2.55. The van der Waals surface area contributed by atoms with Crippen LogP contribution in [-0.4, -0.2) is 0 Å². The number of rotatable bonds is 3. The largest absolute Gasteiger partial charge is 0.310 e. The lowest BCUT2D eigenvalue weighted by molar-refractivity contribution is 0.00322. The number of fused-ring (bicyclic) bond motifs is 16. The van der Waals surface area contributed by atoms with Crippen LogP contribution in [0.1, 0.15) is 132 Å². The molecule has 0 radical (unpaired) electrons. The summed E-state index contributed by atoms with van der Waals surface area (Å²) in [6.07, 6.45) is 14.3. The average Bonchev–Trinajstić information content (AvgIpc) is 3.90. The molecule has 5 fully saturated rings. The number of hydrogen-bond donors (Lipinski definition) is 0. The molecule has 0 amide bonds. The first-order valence-electron chi connectivity index (χ1n) is 24.1. The minimum absolute atomic E-state index is 0.370. The molecule has 10 aliphatic rings. The zero-order valence-electron chi connectivity index (χ0n) is 34.9. The lowest BCUT2D eigenvalue weighted by atomic mass is 9.56. The average molecular weight is 786 g/mol. The fraction of sp³-hybridized carbons (Fsp3) is 0.333. The molecule has 8 unspecified atom stereocenters. The fourth-order valence-corrected chi connectivity index (χ4v) is 17.3. The summed E-state index contributed by atoms with van der Waals surface area (Å²) in [5.74, 6) is 6.65. The molecule has 1 heteroatoms. The van der Waals surface area contributed by atoms with E-state index in [2.05, 4.69) is 144 Å². The van der Waals surface area contributed by atoms with Gasteiger partial charge < -0.3 is 4.90 Å². The summed E-state index contributed by atoms with van der Waals surface area (Å²) in [4.78, 5) is 2.54. The van der Waals surface area contributed by atoms with Gasteiger partial charge in [0, 0.05) is 16.8 Å². The van der Waals surface area contributed by atoms with Crippen LogP contribution < -0.4 is 4.90 Å². The first-order chi connectivity index (χ1) is 30.1. The monoisotopic (exact) mass is 785 g/mol. The minimum Gasteiger partial charge on any atom is -0.310 e. The Morgan fingerprint density at radius 3 is 1.74 bits per heavy atom. The highest BCUT2D eigenvalue weighted by atomic mass is 15.1. The zero-order chi connectivity index (χ0) is 39.3. The Bertz CT molecular complexity index is 3060. The molecule has 7 aromatic rings. The van der Waals surface area contributed by atoms with E-state index < -0.39 is 0 Å². The van der Waals surface area contributed by atoms with Crippen molar-refractivity contribution in [3.05, 3.63) is 184 Å². The van der Waals surface area contributed by atoms with Crippen molar-refractivity contribution in [2.24, 2.45) is 29.1 Å². The highest BCUT2D eigenvalue weighted by Crippen LogP contribution is 2.77. The fourth-order valence-electron chi connectivity index (χ4n) is 17.3. The lowest BCUT2D eigenvalue weighted by Gasteiger charge is -2.48. The second-order valence-corrected chi connectivity index (χ2v) is 21.7. The van der Waals surface area contributed by atoms with Gasteiger partial charge >= 0.3 is 0 Å². The highest BCUT2D eigenvalue weighted by molar-refractivity contribution is 6.01. The normalized spacial score (nSPS) is 32.7. The molecule has 0 N–H and O–H groups in total. The first-order valence-corrected chi connectivity index (χ1v) is 24.1. The molecule has 10 aliphatic carbocycles. The van der Waals surface area contributed by atoms with E-state index in [0.717, 1.165) is 35.5 Å². The molecule has 7 aromatic carbocycles. The van der Waals surface area contributed by atoms with Crippen LogP contribution in [-0.2, 0) is 5.41 Å². The van der Waals surface area contributed by atoms with Crippen molar-refractivity contribution < 1.29 is 0 Å². The number of anilines is 3. The van der Waals surface area contributed by atoms with Crippen LogP contribution in [0.4, 0.5) is 17.1 Å². The number of nitrogens with zero attached hydrogens (tertiary/aromatic N) is 1. The van der Waals surface area contributed by atoms with E-state index >= 15 is 0 Å². The third-order valence-corrected chi connectivity index (χ3v) is 19.3. The Hall–Kier alpha value is -5.40. The molecular formula is C60H51N. The molecule has 1 nitrogen and oxygen atoms in total. The summed E-state index contributed by atoms with van der Waals surface area (Å²) in [6, 6.07) is 55.4. The van der Waals surface area contributed by atoms with Crippen LogP contribution >= 0.6 is 0 Å². The summed E-state index contributed by atoms with van der Waals surface area (Å²) in [7, 11) is 0. The first kappa shape index (κ1) is 33.3. The molecule has 8 atom stereocenters. The van der Waals surface area contributed by atoms with Gasteiger partial charge in [0.1, 0.15) is 0 Å². The minimum atomic E-state index is -0.370. The Morgan fingerprint density at radius 1 is 0.393 bits per heavy atom. The Kier molecular flexibility index (Phi) is 6.18. The van der Waals surface area contributed by atoms with E-state index in [0.29, 0.717) is 17.3 Å². The maximum Gasteiger partial charge on any atom is 0.0726 e. The van der Waals surface area contributed by atoms with E-state index in [-0.39, 0.29) is 5.41 Å². The van der Waals surface area contributed by atoms with Gasteiger partial charge in [0.15, 0.2) is 0 Å². The van der Waals surface area contributed by atoms with Gasteiger partial charge in [0.2, 0.25) is 0 Å². The second kappa shape index (κ2) is 11.3. The van der Waals surface area contributed by atoms with E-state index in [1.807, 2.05) is 0 Å². The maximum absolute atomic E-state index is 2.87. The van der Waals surface area contributed by atoms with Crippen molar-refractivity contribution in [1.82, 2.24) is 0 Å². The van der Waals surface area contributed by atoms with Gasteiger partial charge in [-0.25, -0.2) is 0 Å². The van der Waals surface area contributed by atoms with Crippen molar-refractivity contribution in [2.75, 3.05) is 4.90 Å². The Balaban J connectivity index is 0.998. The SMILES string of the molecule is c1ccc(N(c2ccc3c(c2)C2(c4ccccc4-3)c3cc4c(cc3-c3cc5c(cc32)C2CC3CC6CC5CC63C2)C2CC3CC(C2)CC4C3)c2cccc3ccccc23)cc1. The quantitative estimate of drug-likeness (QED) is 0.172. The van der Waals surface area contributed by atoms with E-state index in [4.69, 9.17) is 0 Å².